The molecule has 1 N–H and O–H groups in total. The zero-order valence-corrected chi connectivity index (χ0v) is 12.0. The third-order valence-electron chi connectivity index (χ3n) is 3.35. The predicted molar refractivity (Wildman–Crippen MR) is 74.5 cm³/mol. The van der Waals surface area contributed by atoms with Crippen molar-refractivity contribution >= 4 is 11.8 Å². The van der Waals surface area contributed by atoms with E-state index >= 15 is 0 Å². The number of carbonyl (C=O) groups excluding carboxylic acids is 2. The molecule has 1 aromatic rings. The second-order valence-corrected chi connectivity index (χ2v) is 4.93. The monoisotopic (exact) mass is 279 g/mol. The minimum atomic E-state index is -0.0734. The maximum Gasteiger partial charge on any atom is 0.289 e. The van der Waals surface area contributed by atoms with Gasteiger partial charge in [0.25, 0.3) is 5.91 Å². The molecular weight excluding hydrogens is 258 g/mol. The van der Waals surface area contributed by atoms with E-state index < -0.39 is 0 Å². The Morgan fingerprint density at radius 3 is 2.50 bits per heavy atom. The fraction of sp³-hybridized carbons (Fsp3) is 0.571. The van der Waals surface area contributed by atoms with Crippen LogP contribution in [0.1, 0.15) is 23.2 Å². The molecule has 2 amide bonds. The van der Waals surface area contributed by atoms with Crippen LogP contribution >= 0.6 is 0 Å². The van der Waals surface area contributed by atoms with Crippen molar-refractivity contribution < 1.29 is 14.0 Å². The van der Waals surface area contributed by atoms with E-state index in [1.54, 1.807) is 17.0 Å². The van der Waals surface area contributed by atoms with Gasteiger partial charge in [-0.1, -0.05) is 0 Å². The number of likely N-dealkylation sites (N-methyl/N-ethyl adjacent to an activating group) is 1. The van der Waals surface area contributed by atoms with E-state index in [0.717, 1.165) is 5.76 Å². The second-order valence-electron chi connectivity index (χ2n) is 4.93. The smallest absolute Gasteiger partial charge is 0.289 e. The Hall–Kier alpha value is -1.82. The van der Waals surface area contributed by atoms with Crippen LogP contribution in [0.5, 0.6) is 0 Å². The lowest BCUT2D eigenvalue weighted by molar-refractivity contribution is -0.122. The number of nitrogens with zero attached hydrogens (tertiary/aromatic N) is 2. The van der Waals surface area contributed by atoms with Gasteiger partial charge in [-0.3, -0.25) is 14.5 Å². The number of nitrogens with one attached hydrogen (secondary N) is 1. The molecule has 2 rings (SSSR count). The third-order valence-corrected chi connectivity index (χ3v) is 3.35. The van der Waals surface area contributed by atoms with E-state index in [1.807, 2.05) is 13.8 Å². The summed E-state index contributed by atoms with van der Waals surface area (Å²) in [6, 6.07) is 3.50. The summed E-state index contributed by atoms with van der Waals surface area (Å²) in [5, 5.41) is 2.78. The van der Waals surface area contributed by atoms with Gasteiger partial charge in [0.1, 0.15) is 5.76 Å². The van der Waals surface area contributed by atoms with Crippen molar-refractivity contribution in [2.24, 2.45) is 0 Å². The highest BCUT2D eigenvalue weighted by Crippen LogP contribution is 2.11. The first-order valence-corrected chi connectivity index (χ1v) is 6.95. The van der Waals surface area contributed by atoms with E-state index in [4.69, 9.17) is 4.42 Å². The molecule has 0 bridgehead atoms. The van der Waals surface area contributed by atoms with Crippen LogP contribution in [0.3, 0.4) is 0 Å². The van der Waals surface area contributed by atoms with Crippen molar-refractivity contribution in [3.63, 3.8) is 0 Å². The number of piperazine rings is 1. The van der Waals surface area contributed by atoms with Gasteiger partial charge in [-0.05, 0) is 26.0 Å². The Morgan fingerprint density at radius 2 is 1.95 bits per heavy atom. The Kier molecular flexibility index (Phi) is 4.79. The van der Waals surface area contributed by atoms with Crippen LogP contribution in [0.25, 0.3) is 0 Å². The predicted octanol–water partition coefficient (Wildman–Crippen LogP) is 0.482. The second kappa shape index (κ2) is 6.56. The molecule has 1 fully saturated rings. The zero-order valence-electron chi connectivity index (χ0n) is 12.0. The molecule has 0 unspecified atom stereocenters. The molecule has 6 heteroatoms. The summed E-state index contributed by atoms with van der Waals surface area (Å²) in [7, 11) is 0. The number of furan rings is 1. The van der Waals surface area contributed by atoms with E-state index in [0.29, 0.717) is 45.0 Å². The van der Waals surface area contributed by atoms with Gasteiger partial charge in [-0.15, -0.1) is 0 Å². The average molecular weight is 279 g/mol. The highest BCUT2D eigenvalue weighted by molar-refractivity contribution is 5.91. The van der Waals surface area contributed by atoms with Gasteiger partial charge in [0.2, 0.25) is 5.91 Å². The molecule has 110 valence electrons. The molecule has 0 radical (unpaired) electrons. The van der Waals surface area contributed by atoms with Crippen LogP contribution in [0.4, 0.5) is 0 Å². The van der Waals surface area contributed by atoms with Crippen molar-refractivity contribution in [1.29, 1.82) is 0 Å². The molecule has 0 spiro atoms. The highest BCUT2D eigenvalue weighted by Gasteiger charge is 2.24. The molecule has 1 aromatic heterocycles. The van der Waals surface area contributed by atoms with E-state index in [1.165, 1.54) is 0 Å². The third kappa shape index (κ3) is 3.60. The SMILES string of the molecule is CCNC(=O)CN1CCN(C(=O)c2ccc(C)o2)CC1. The summed E-state index contributed by atoms with van der Waals surface area (Å²) in [5.74, 6) is 1.09. The number of rotatable bonds is 4. The van der Waals surface area contributed by atoms with Crippen LogP contribution in [0.2, 0.25) is 0 Å². The Morgan fingerprint density at radius 1 is 1.25 bits per heavy atom. The van der Waals surface area contributed by atoms with Crippen molar-refractivity contribution in [2.75, 3.05) is 39.3 Å². The van der Waals surface area contributed by atoms with Gasteiger partial charge in [-0.2, -0.15) is 0 Å². The minimum Gasteiger partial charge on any atom is -0.456 e. The largest absolute Gasteiger partial charge is 0.456 e. The number of hydrogen-bond donors (Lipinski definition) is 1. The summed E-state index contributed by atoms with van der Waals surface area (Å²) < 4.78 is 5.35. The summed E-state index contributed by atoms with van der Waals surface area (Å²) in [5.41, 5.74) is 0. The van der Waals surface area contributed by atoms with Crippen molar-refractivity contribution in [3.05, 3.63) is 23.7 Å². The van der Waals surface area contributed by atoms with Gasteiger partial charge in [0.15, 0.2) is 5.76 Å². The van der Waals surface area contributed by atoms with E-state index in [-0.39, 0.29) is 11.8 Å². The molecule has 0 aromatic carbocycles. The van der Waals surface area contributed by atoms with Gasteiger partial charge in [0.05, 0.1) is 6.54 Å². The fourth-order valence-corrected chi connectivity index (χ4v) is 2.27. The molecule has 1 aliphatic heterocycles. The van der Waals surface area contributed by atoms with Gasteiger partial charge in [-0.25, -0.2) is 0 Å². The standard InChI is InChI=1S/C14H21N3O3/c1-3-15-13(18)10-16-6-8-17(9-7-16)14(19)12-5-4-11(2)20-12/h4-5H,3,6-10H2,1-2H3,(H,15,18). The van der Waals surface area contributed by atoms with Gasteiger partial charge >= 0.3 is 0 Å². The van der Waals surface area contributed by atoms with Crippen LogP contribution in [0, 0.1) is 6.92 Å². The minimum absolute atomic E-state index is 0.0361. The zero-order chi connectivity index (χ0) is 14.5. The first-order valence-electron chi connectivity index (χ1n) is 6.95. The van der Waals surface area contributed by atoms with Crippen molar-refractivity contribution in [3.8, 4) is 0 Å². The molecule has 1 aliphatic rings. The molecule has 20 heavy (non-hydrogen) atoms. The summed E-state index contributed by atoms with van der Waals surface area (Å²) >= 11 is 0. The molecule has 2 heterocycles. The summed E-state index contributed by atoms with van der Waals surface area (Å²) in [6.07, 6.45) is 0. The van der Waals surface area contributed by atoms with Crippen LogP contribution in [-0.4, -0.2) is 60.9 Å². The van der Waals surface area contributed by atoms with Crippen LogP contribution < -0.4 is 5.32 Å². The number of aryl methyl sites for hydroxylation is 1. The van der Waals surface area contributed by atoms with Crippen LogP contribution in [0.15, 0.2) is 16.5 Å². The maximum atomic E-state index is 12.2. The average Bonchev–Trinajstić information content (AvgIpc) is 2.86. The molecule has 1 saturated heterocycles. The molecule has 0 atom stereocenters. The van der Waals surface area contributed by atoms with Crippen LogP contribution in [-0.2, 0) is 4.79 Å². The molecular formula is C14H21N3O3. The first-order chi connectivity index (χ1) is 9.60. The number of hydrogen-bond acceptors (Lipinski definition) is 4. The Labute approximate surface area is 118 Å². The number of carbonyl (C=O) groups is 2. The van der Waals surface area contributed by atoms with E-state index in [2.05, 4.69) is 10.2 Å². The highest BCUT2D eigenvalue weighted by atomic mass is 16.3. The quantitative estimate of drug-likeness (QED) is 0.870. The normalized spacial score (nSPS) is 16.2. The lowest BCUT2D eigenvalue weighted by Crippen LogP contribution is -2.51. The van der Waals surface area contributed by atoms with Gasteiger partial charge < -0.3 is 14.6 Å². The summed E-state index contributed by atoms with van der Waals surface area (Å²) in [6.45, 7) is 7.44. The number of amides is 2. The topological polar surface area (TPSA) is 65.8 Å². The lowest BCUT2D eigenvalue weighted by atomic mass is 10.3. The summed E-state index contributed by atoms with van der Waals surface area (Å²) in [4.78, 5) is 27.5. The van der Waals surface area contributed by atoms with E-state index in [9.17, 15) is 9.59 Å². The lowest BCUT2D eigenvalue weighted by Gasteiger charge is -2.33. The van der Waals surface area contributed by atoms with Crippen molar-refractivity contribution in [2.45, 2.75) is 13.8 Å². The Bertz CT molecular complexity index is 476. The maximum absolute atomic E-state index is 12.2. The first kappa shape index (κ1) is 14.6. The van der Waals surface area contributed by atoms with Crippen molar-refractivity contribution in [1.82, 2.24) is 15.1 Å². The molecule has 0 saturated carbocycles. The van der Waals surface area contributed by atoms with Gasteiger partial charge in [0, 0.05) is 32.7 Å². The fourth-order valence-electron chi connectivity index (χ4n) is 2.27. The Balaban J connectivity index is 1.82. The molecule has 6 nitrogen and oxygen atoms in total. The molecule has 0 aliphatic carbocycles.